The number of aromatic amines is 1. The second-order valence-corrected chi connectivity index (χ2v) is 9.15. The van der Waals surface area contributed by atoms with E-state index in [0.29, 0.717) is 16.6 Å². The van der Waals surface area contributed by atoms with E-state index < -0.39 is 15.9 Å². The molecule has 1 fully saturated rings. The number of benzene rings is 1. The van der Waals surface area contributed by atoms with Gasteiger partial charge < -0.3 is 5.32 Å². The van der Waals surface area contributed by atoms with Crippen LogP contribution in [0.15, 0.2) is 23.1 Å². The molecule has 3 rings (SSSR count). The minimum absolute atomic E-state index is 0.0218. The van der Waals surface area contributed by atoms with Crippen molar-refractivity contribution in [3.05, 3.63) is 39.4 Å². The number of H-pyrrole nitrogens is 1. The predicted molar refractivity (Wildman–Crippen MR) is 104 cm³/mol. The lowest BCUT2D eigenvalue weighted by molar-refractivity contribution is 0.0949. The van der Waals surface area contributed by atoms with Crippen molar-refractivity contribution in [1.82, 2.24) is 24.8 Å². The number of hydrogen-bond donors (Lipinski definition) is 3. The third-order valence-electron chi connectivity index (χ3n) is 3.98. The van der Waals surface area contributed by atoms with E-state index in [-0.39, 0.29) is 28.1 Å². The highest BCUT2D eigenvalue weighted by atomic mass is 35.5. The lowest BCUT2D eigenvalue weighted by Crippen LogP contribution is -2.30. The molecule has 11 heteroatoms. The standard InChI is InChI=1S/C16H20ClN5O3S2/c1-9(2)21-27(24,25)11-5-6-13(17)12(7-11)15(23)18-8-14-19-20-16(26)22(14)10-3-4-10/h5-7,9-10,21H,3-4,8H2,1-2H3,(H,18,23)(H,20,26). The molecule has 1 aliphatic rings. The third-order valence-corrected chi connectivity index (χ3v) is 6.25. The summed E-state index contributed by atoms with van der Waals surface area (Å²) in [6.07, 6.45) is 2.06. The fourth-order valence-electron chi connectivity index (χ4n) is 2.65. The van der Waals surface area contributed by atoms with Crippen LogP contribution in [0.5, 0.6) is 0 Å². The van der Waals surface area contributed by atoms with Gasteiger partial charge in [0.1, 0.15) is 0 Å². The predicted octanol–water partition coefficient (Wildman–Crippen LogP) is 2.55. The van der Waals surface area contributed by atoms with Gasteiger partial charge >= 0.3 is 0 Å². The smallest absolute Gasteiger partial charge is 0.253 e. The van der Waals surface area contributed by atoms with Crippen LogP contribution >= 0.6 is 23.8 Å². The van der Waals surface area contributed by atoms with Gasteiger partial charge in [-0.25, -0.2) is 13.1 Å². The first kappa shape index (κ1) is 20.0. The molecule has 0 aliphatic heterocycles. The van der Waals surface area contributed by atoms with E-state index >= 15 is 0 Å². The third kappa shape index (κ3) is 4.57. The normalized spacial score (nSPS) is 14.5. The zero-order chi connectivity index (χ0) is 19.8. The van der Waals surface area contributed by atoms with Gasteiger partial charge in [0, 0.05) is 12.1 Å². The van der Waals surface area contributed by atoms with E-state index in [9.17, 15) is 13.2 Å². The Morgan fingerprint density at radius 2 is 2.15 bits per heavy atom. The number of carbonyl (C=O) groups excluding carboxylic acids is 1. The summed E-state index contributed by atoms with van der Waals surface area (Å²) in [5.74, 6) is 0.134. The Balaban J connectivity index is 1.79. The molecule has 2 aromatic rings. The van der Waals surface area contributed by atoms with Crippen LogP contribution < -0.4 is 10.0 Å². The van der Waals surface area contributed by atoms with Crippen molar-refractivity contribution in [2.75, 3.05) is 0 Å². The molecule has 3 N–H and O–H groups in total. The first-order valence-electron chi connectivity index (χ1n) is 8.45. The average Bonchev–Trinajstić information content (AvgIpc) is 3.34. The van der Waals surface area contributed by atoms with Crippen molar-refractivity contribution >= 4 is 39.7 Å². The van der Waals surface area contributed by atoms with E-state index in [2.05, 4.69) is 20.2 Å². The number of hydrogen-bond acceptors (Lipinski definition) is 5. The molecule has 0 spiro atoms. The van der Waals surface area contributed by atoms with Gasteiger partial charge in [-0.15, -0.1) is 0 Å². The fourth-order valence-corrected chi connectivity index (χ4v) is 4.43. The topological polar surface area (TPSA) is 109 Å². The van der Waals surface area contributed by atoms with Gasteiger partial charge in [-0.3, -0.25) is 14.5 Å². The molecular weight excluding hydrogens is 410 g/mol. The summed E-state index contributed by atoms with van der Waals surface area (Å²) in [4.78, 5) is 12.5. The Morgan fingerprint density at radius 1 is 1.44 bits per heavy atom. The zero-order valence-corrected chi connectivity index (χ0v) is 17.2. The molecule has 1 amide bonds. The Hall–Kier alpha value is -1.75. The second-order valence-electron chi connectivity index (χ2n) is 6.65. The molecule has 8 nitrogen and oxygen atoms in total. The number of nitrogens with zero attached hydrogens (tertiary/aromatic N) is 2. The van der Waals surface area contributed by atoms with E-state index in [1.54, 1.807) is 13.8 Å². The van der Waals surface area contributed by atoms with Crippen molar-refractivity contribution in [2.24, 2.45) is 0 Å². The molecule has 0 radical (unpaired) electrons. The van der Waals surface area contributed by atoms with Crippen LogP contribution in [0.2, 0.25) is 5.02 Å². The summed E-state index contributed by atoms with van der Waals surface area (Å²) in [6.45, 7) is 3.58. The summed E-state index contributed by atoms with van der Waals surface area (Å²) in [6, 6.07) is 4.07. The van der Waals surface area contributed by atoms with E-state index in [4.69, 9.17) is 23.8 Å². The number of sulfonamides is 1. The Labute approximate surface area is 167 Å². The van der Waals surface area contributed by atoms with Crippen molar-refractivity contribution in [2.45, 2.75) is 50.2 Å². The highest BCUT2D eigenvalue weighted by Crippen LogP contribution is 2.35. The van der Waals surface area contributed by atoms with Crippen molar-refractivity contribution < 1.29 is 13.2 Å². The van der Waals surface area contributed by atoms with E-state index in [1.807, 2.05) is 4.57 Å². The number of rotatable bonds is 7. The van der Waals surface area contributed by atoms with Gasteiger partial charge in [-0.1, -0.05) is 11.6 Å². The number of carbonyl (C=O) groups is 1. The van der Waals surface area contributed by atoms with Crippen LogP contribution in [0.25, 0.3) is 0 Å². The largest absolute Gasteiger partial charge is 0.345 e. The van der Waals surface area contributed by atoms with Crippen molar-refractivity contribution in [1.29, 1.82) is 0 Å². The van der Waals surface area contributed by atoms with Crippen LogP contribution in [0, 0.1) is 4.77 Å². The Morgan fingerprint density at radius 3 is 2.78 bits per heavy atom. The second kappa shape index (κ2) is 7.70. The maximum atomic E-state index is 12.6. The molecule has 1 aromatic heterocycles. The SMILES string of the molecule is CC(C)NS(=O)(=O)c1ccc(Cl)c(C(=O)NCc2n[nH]c(=S)n2C2CC2)c1. The first-order chi connectivity index (χ1) is 12.7. The van der Waals surface area contributed by atoms with Crippen LogP contribution in [-0.4, -0.2) is 35.1 Å². The minimum atomic E-state index is -3.73. The molecule has 27 heavy (non-hydrogen) atoms. The molecule has 1 heterocycles. The van der Waals surface area contributed by atoms with Gasteiger partial charge in [-0.2, -0.15) is 5.10 Å². The summed E-state index contributed by atoms with van der Waals surface area (Å²) >= 11 is 11.3. The lowest BCUT2D eigenvalue weighted by atomic mass is 10.2. The minimum Gasteiger partial charge on any atom is -0.345 e. The molecule has 1 saturated carbocycles. The maximum Gasteiger partial charge on any atom is 0.253 e. The van der Waals surface area contributed by atoms with E-state index in [0.717, 1.165) is 12.8 Å². The maximum absolute atomic E-state index is 12.6. The first-order valence-corrected chi connectivity index (χ1v) is 10.7. The highest BCUT2D eigenvalue weighted by molar-refractivity contribution is 7.89. The fraction of sp³-hybridized carbons (Fsp3) is 0.438. The van der Waals surface area contributed by atoms with Crippen LogP contribution in [-0.2, 0) is 16.6 Å². The number of nitrogens with one attached hydrogen (secondary N) is 3. The Kier molecular flexibility index (Phi) is 5.71. The highest BCUT2D eigenvalue weighted by Gasteiger charge is 2.27. The number of amides is 1. The average molecular weight is 430 g/mol. The monoisotopic (exact) mass is 429 g/mol. The van der Waals surface area contributed by atoms with Gasteiger partial charge in [0.2, 0.25) is 10.0 Å². The number of halogens is 1. The molecule has 0 saturated heterocycles. The summed E-state index contributed by atoms with van der Waals surface area (Å²) < 4.78 is 29.5. The van der Waals surface area contributed by atoms with Gasteiger partial charge in [-0.05, 0) is 57.1 Å². The van der Waals surface area contributed by atoms with Gasteiger partial charge in [0.05, 0.1) is 22.0 Å². The quantitative estimate of drug-likeness (QED) is 0.586. The zero-order valence-electron chi connectivity index (χ0n) is 14.8. The molecule has 1 aromatic carbocycles. The molecule has 1 aliphatic carbocycles. The summed E-state index contributed by atoms with van der Waals surface area (Å²) in [5, 5.41) is 9.77. The summed E-state index contributed by atoms with van der Waals surface area (Å²) in [7, 11) is -3.73. The molecule has 0 bridgehead atoms. The molecule has 0 unspecified atom stereocenters. The molecule has 146 valence electrons. The molecular formula is C16H20ClN5O3S2. The van der Waals surface area contributed by atoms with E-state index in [1.165, 1.54) is 18.2 Å². The Bertz CT molecular complexity index is 1020. The summed E-state index contributed by atoms with van der Waals surface area (Å²) in [5.41, 5.74) is 0.0791. The number of aromatic nitrogens is 3. The van der Waals surface area contributed by atoms with Gasteiger partial charge in [0.15, 0.2) is 10.6 Å². The van der Waals surface area contributed by atoms with Crippen molar-refractivity contribution in [3.8, 4) is 0 Å². The van der Waals surface area contributed by atoms with Gasteiger partial charge in [0.25, 0.3) is 5.91 Å². The van der Waals surface area contributed by atoms with Crippen LogP contribution in [0.1, 0.15) is 48.9 Å². The van der Waals surface area contributed by atoms with Crippen molar-refractivity contribution in [3.63, 3.8) is 0 Å². The lowest BCUT2D eigenvalue weighted by Gasteiger charge is -2.12. The molecule has 0 atom stereocenters. The van der Waals surface area contributed by atoms with Crippen LogP contribution in [0.3, 0.4) is 0 Å². The van der Waals surface area contributed by atoms with Crippen LogP contribution in [0.4, 0.5) is 0 Å².